The van der Waals surface area contributed by atoms with E-state index in [0.29, 0.717) is 5.56 Å². The predicted octanol–water partition coefficient (Wildman–Crippen LogP) is 0.568. The van der Waals surface area contributed by atoms with Crippen molar-refractivity contribution < 1.29 is 38.9 Å². The quantitative estimate of drug-likeness (QED) is 0.407. The number of carboxylic acid groups (broad SMARTS) is 2. The van der Waals surface area contributed by atoms with Gasteiger partial charge >= 0.3 is 18.0 Å². The minimum absolute atomic E-state index is 0.200. The second kappa shape index (κ2) is 11.6. The maximum Gasteiger partial charge on any atom is 0.417 e. The van der Waals surface area contributed by atoms with Gasteiger partial charge in [0.05, 0.1) is 12.5 Å². The zero-order chi connectivity index (χ0) is 23.7. The van der Waals surface area contributed by atoms with Gasteiger partial charge in [0.2, 0.25) is 5.91 Å². The molecule has 1 aromatic carbocycles. The molecule has 170 valence electrons. The molecule has 11 nitrogen and oxygen atoms in total. The molecule has 0 heterocycles. The van der Waals surface area contributed by atoms with Crippen molar-refractivity contribution in [2.75, 3.05) is 0 Å². The number of nitrogens with zero attached hydrogens (tertiary/aromatic N) is 1. The minimum atomic E-state index is -2.04. The van der Waals surface area contributed by atoms with Gasteiger partial charge < -0.3 is 26.0 Å². The van der Waals surface area contributed by atoms with Gasteiger partial charge in [-0.15, -0.1) is 0 Å². The Balaban J connectivity index is 3.10. The summed E-state index contributed by atoms with van der Waals surface area (Å²) >= 11 is 0. The number of hydrogen-bond acceptors (Lipinski definition) is 7. The van der Waals surface area contributed by atoms with E-state index in [2.05, 4.69) is 5.32 Å². The topological polar surface area (TPSA) is 176 Å². The first kappa shape index (κ1) is 25.6. The Morgan fingerprint density at radius 1 is 1.06 bits per heavy atom. The van der Waals surface area contributed by atoms with Crippen molar-refractivity contribution in [1.82, 2.24) is 10.2 Å². The molecule has 0 radical (unpaired) electrons. The van der Waals surface area contributed by atoms with Gasteiger partial charge in [0.15, 0.2) is 6.04 Å². The van der Waals surface area contributed by atoms with Crippen molar-refractivity contribution in [3.05, 3.63) is 35.9 Å². The molecule has 0 unspecified atom stereocenters. The van der Waals surface area contributed by atoms with Crippen LogP contribution in [0.25, 0.3) is 0 Å². The Morgan fingerprint density at radius 2 is 1.65 bits per heavy atom. The number of rotatable bonds is 10. The van der Waals surface area contributed by atoms with E-state index < -0.39 is 54.4 Å². The van der Waals surface area contributed by atoms with Crippen molar-refractivity contribution in [1.29, 1.82) is 0 Å². The van der Waals surface area contributed by atoms with Crippen molar-refractivity contribution in [3.8, 4) is 0 Å². The molecule has 1 aromatic rings. The molecule has 11 heteroatoms. The van der Waals surface area contributed by atoms with Crippen molar-refractivity contribution in [2.24, 2.45) is 11.7 Å². The van der Waals surface area contributed by atoms with E-state index in [-0.39, 0.29) is 17.4 Å². The second-order valence-corrected chi connectivity index (χ2v) is 7.20. The monoisotopic (exact) mass is 437 g/mol. The zero-order valence-electron chi connectivity index (χ0n) is 17.5. The summed E-state index contributed by atoms with van der Waals surface area (Å²) in [6.07, 6.45) is -2.40. The number of ether oxygens (including phenoxy) is 1. The lowest BCUT2D eigenvalue weighted by Gasteiger charge is -2.29. The highest BCUT2D eigenvalue weighted by molar-refractivity contribution is 6.01. The summed E-state index contributed by atoms with van der Waals surface area (Å²) in [7, 11) is 0. The van der Waals surface area contributed by atoms with E-state index >= 15 is 0 Å². The Bertz CT molecular complexity index is 812. The normalized spacial score (nSPS) is 13.6. The number of aliphatic carboxylic acids is 2. The van der Waals surface area contributed by atoms with Crippen LogP contribution in [0.3, 0.4) is 0 Å². The van der Waals surface area contributed by atoms with E-state index in [1.165, 1.54) is 6.92 Å². The van der Waals surface area contributed by atoms with Crippen LogP contribution in [0.5, 0.6) is 0 Å². The molecular formula is C20H27N3O8. The molecule has 0 aliphatic heterocycles. The van der Waals surface area contributed by atoms with Gasteiger partial charge in [-0.25, -0.2) is 14.5 Å². The van der Waals surface area contributed by atoms with Crippen LogP contribution in [0.4, 0.5) is 4.79 Å². The SMILES string of the molecule is CC(C)[C@H](N)C(=O)N[C@@H](C)C(=O)N(C(=O)OCc1ccccc1)[C@@H](CC(=O)O)C(=O)O. The number of benzene rings is 1. The molecule has 0 aliphatic carbocycles. The molecule has 0 aromatic heterocycles. The fourth-order valence-electron chi connectivity index (χ4n) is 2.50. The van der Waals surface area contributed by atoms with Crippen molar-refractivity contribution >= 4 is 29.8 Å². The number of amides is 3. The molecule has 0 fully saturated rings. The van der Waals surface area contributed by atoms with Crippen LogP contribution < -0.4 is 11.1 Å². The third-order valence-electron chi connectivity index (χ3n) is 4.35. The highest BCUT2D eigenvalue weighted by atomic mass is 16.6. The third kappa shape index (κ3) is 7.70. The predicted molar refractivity (Wildman–Crippen MR) is 108 cm³/mol. The number of carboxylic acids is 2. The van der Waals surface area contributed by atoms with Crippen LogP contribution in [-0.2, 0) is 30.5 Å². The smallest absolute Gasteiger partial charge is 0.417 e. The molecule has 0 bridgehead atoms. The van der Waals surface area contributed by atoms with E-state index in [1.807, 2.05) is 0 Å². The summed E-state index contributed by atoms with van der Waals surface area (Å²) in [5.74, 6) is -5.33. The maximum absolute atomic E-state index is 12.9. The van der Waals surface area contributed by atoms with Gasteiger partial charge in [0, 0.05) is 0 Å². The molecule has 3 atom stereocenters. The second-order valence-electron chi connectivity index (χ2n) is 7.20. The summed E-state index contributed by atoms with van der Waals surface area (Å²) in [6, 6.07) is 4.05. The van der Waals surface area contributed by atoms with Crippen LogP contribution in [0.15, 0.2) is 30.3 Å². The lowest BCUT2D eigenvalue weighted by molar-refractivity contribution is -0.154. The molecule has 31 heavy (non-hydrogen) atoms. The summed E-state index contributed by atoms with van der Waals surface area (Å²) in [6.45, 7) is 4.33. The average molecular weight is 437 g/mol. The van der Waals surface area contributed by atoms with Crippen molar-refractivity contribution in [2.45, 2.75) is 51.9 Å². The fraction of sp³-hybridized carbons (Fsp3) is 0.450. The zero-order valence-corrected chi connectivity index (χ0v) is 17.5. The first-order valence-corrected chi connectivity index (χ1v) is 9.50. The van der Waals surface area contributed by atoms with Crippen LogP contribution in [0, 0.1) is 5.92 Å². The molecule has 0 saturated heterocycles. The number of carbonyl (C=O) groups excluding carboxylic acids is 3. The first-order chi connectivity index (χ1) is 14.5. The third-order valence-corrected chi connectivity index (χ3v) is 4.35. The Morgan fingerprint density at radius 3 is 2.13 bits per heavy atom. The highest BCUT2D eigenvalue weighted by Crippen LogP contribution is 2.13. The first-order valence-electron chi connectivity index (χ1n) is 9.50. The molecule has 0 spiro atoms. The Labute approximate surface area is 179 Å². The van der Waals surface area contributed by atoms with Crippen molar-refractivity contribution in [3.63, 3.8) is 0 Å². The standard InChI is InChI=1S/C20H27N3O8/c1-11(2)16(21)17(26)22-12(3)18(27)23(14(19(28)29)9-15(24)25)20(30)31-10-13-7-5-4-6-8-13/h4-8,11-12,14,16H,9-10,21H2,1-3H3,(H,22,26)(H,24,25)(H,28,29)/t12-,14-,16-/m0/s1. The summed E-state index contributed by atoms with van der Waals surface area (Å²) in [5, 5.41) is 20.8. The number of hydrogen-bond donors (Lipinski definition) is 4. The Kier molecular flexibility index (Phi) is 9.61. The summed E-state index contributed by atoms with van der Waals surface area (Å²) < 4.78 is 5.04. The highest BCUT2D eigenvalue weighted by Gasteiger charge is 2.40. The average Bonchev–Trinajstić information content (AvgIpc) is 2.71. The number of nitrogens with one attached hydrogen (secondary N) is 1. The lowest BCUT2D eigenvalue weighted by atomic mass is 10.0. The fourth-order valence-corrected chi connectivity index (χ4v) is 2.50. The van der Waals surface area contributed by atoms with Gasteiger partial charge in [-0.3, -0.25) is 14.4 Å². The minimum Gasteiger partial charge on any atom is -0.481 e. The van der Waals surface area contributed by atoms with E-state index in [4.69, 9.17) is 15.6 Å². The van der Waals surface area contributed by atoms with Gasteiger partial charge in [-0.1, -0.05) is 44.2 Å². The summed E-state index contributed by atoms with van der Waals surface area (Å²) in [4.78, 5) is 60.6. The molecule has 5 N–H and O–H groups in total. The molecule has 0 aliphatic rings. The van der Waals surface area contributed by atoms with Crippen LogP contribution in [-0.4, -0.2) is 63.1 Å². The van der Waals surface area contributed by atoms with E-state index in [9.17, 15) is 29.1 Å². The lowest BCUT2D eigenvalue weighted by Crippen LogP contribution is -2.57. The maximum atomic E-state index is 12.9. The molecule has 1 rings (SSSR count). The number of imide groups is 1. The molecule has 0 saturated carbocycles. The Hall–Kier alpha value is -3.47. The number of nitrogens with two attached hydrogens (primary N) is 1. The van der Waals surface area contributed by atoms with E-state index in [1.54, 1.807) is 44.2 Å². The van der Waals surface area contributed by atoms with Gasteiger partial charge in [0.1, 0.15) is 12.6 Å². The number of carbonyl (C=O) groups is 5. The molecular weight excluding hydrogens is 410 g/mol. The van der Waals surface area contributed by atoms with Crippen LogP contribution in [0.1, 0.15) is 32.8 Å². The van der Waals surface area contributed by atoms with Gasteiger partial charge in [-0.2, -0.15) is 0 Å². The summed E-state index contributed by atoms with van der Waals surface area (Å²) in [5.41, 5.74) is 6.30. The molecule has 3 amide bonds. The van der Waals surface area contributed by atoms with Gasteiger partial charge in [0.25, 0.3) is 5.91 Å². The van der Waals surface area contributed by atoms with Crippen LogP contribution >= 0.6 is 0 Å². The van der Waals surface area contributed by atoms with Crippen LogP contribution in [0.2, 0.25) is 0 Å². The van der Waals surface area contributed by atoms with E-state index in [0.717, 1.165) is 0 Å². The largest absolute Gasteiger partial charge is 0.481 e. The van der Waals surface area contributed by atoms with Gasteiger partial charge in [-0.05, 0) is 18.4 Å².